The molecule has 2 aromatic carbocycles. The van der Waals surface area contributed by atoms with E-state index in [0.717, 1.165) is 29.7 Å². The molecule has 0 saturated heterocycles. The van der Waals surface area contributed by atoms with Crippen LogP contribution < -0.4 is 10.1 Å². The molecule has 0 saturated carbocycles. The van der Waals surface area contributed by atoms with Crippen molar-refractivity contribution in [2.24, 2.45) is 0 Å². The second-order valence-corrected chi connectivity index (χ2v) is 5.75. The zero-order valence-corrected chi connectivity index (χ0v) is 14.5. The second kappa shape index (κ2) is 8.02. The third-order valence-electron chi connectivity index (χ3n) is 3.76. The van der Waals surface area contributed by atoms with Crippen molar-refractivity contribution in [2.45, 2.75) is 39.7 Å². The molecule has 0 unspecified atom stereocenters. The van der Waals surface area contributed by atoms with Crippen LogP contribution in [0.2, 0.25) is 5.02 Å². The third kappa shape index (κ3) is 4.26. The molecule has 0 heterocycles. The average Bonchev–Trinajstić information content (AvgIpc) is 2.56. The van der Waals surface area contributed by atoms with Crippen LogP contribution in [0.5, 0.6) is 5.75 Å². The Hall–Kier alpha value is -2.00. The summed E-state index contributed by atoms with van der Waals surface area (Å²) in [6.07, 6.45) is 1.09. The van der Waals surface area contributed by atoms with Crippen LogP contribution in [-0.4, -0.2) is 12.0 Å². The molecule has 4 heteroatoms. The maximum Gasteiger partial charge on any atom is 0.265 e. The van der Waals surface area contributed by atoms with Gasteiger partial charge in [-0.15, -0.1) is 0 Å². The molecule has 23 heavy (non-hydrogen) atoms. The third-order valence-corrected chi connectivity index (χ3v) is 4.07. The van der Waals surface area contributed by atoms with Gasteiger partial charge in [-0.25, -0.2) is 0 Å². The molecule has 0 aliphatic heterocycles. The maximum atomic E-state index is 12.5. The lowest BCUT2D eigenvalue weighted by Crippen LogP contribution is -2.31. The molecule has 0 aromatic heterocycles. The van der Waals surface area contributed by atoms with Gasteiger partial charge in [-0.3, -0.25) is 4.79 Å². The number of rotatable bonds is 6. The van der Waals surface area contributed by atoms with Crippen molar-refractivity contribution in [3.63, 3.8) is 0 Å². The van der Waals surface area contributed by atoms with Gasteiger partial charge in [-0.1, -0.05) is 55.8 Å². The summed E-state index contributed by atoms with van der Waals surface area (Å²) in [4.78, 5) is 12.5. The Morgan fingerprint density at radius 1 is 1.09 bits per heavy atom. The molecule has 0 spiro atoms. The predicted octanol–water partition coefficient (Wildman–Crippen LogP) is 4.87. The van der Waals surface area contributed by atoms with Crippen molar-refractivity contribution >= 4 is 23.2 Å². The maximum absolute atomic E-state index is 12.5. The minimum atomic E-state index is -0.635. The number of benzene rings is 2. The first-order chi connectivity index (χ1) is 11.1. The van der Waals surface area contributed by atoms with Crippen LogP contribution in [0, 0.1) is 0 Å². The van der Waals surface area contributed by atoms with Crippen molar-refractivity contribution in [1.82, 2.24) is 0 Å². The van der Waals surface area contributed by atoms with Gasteiger partial charge in [0.2, 0.25) is 0 Å². The molecule has 2 aromatic rings. The average molecular weight is 332 g/mol. The second-order valence-electron chi connectivity index (χ2n) is 5.34. The summed E-state index contributed by atoms with van der Waals surface area (Å²) in [5.41, 5.74) is 3.15. The van der Waals surface area contributed by atoms with Crippen molar-refractivity contribution in [2.75, 3.05) is 5.32 Å². The number of hydrogen-bond acceptors (Lipinski definition) is 2. The van der Waals surface area contributed by atoms with Crippen LogP contribution in [0.1, 0.15) is 31.9 Å². The van der Waals surface area contributed by atoms with E-state index in [0.29, 0.717) is 10.8 Å². The van der Waals surface area contributed by atoms with Crippen molar-refractivity contribution < 1.29 is 9.53 Å². The van der Waals surface area contributed by atoms with Crippen LogP contribution >= 0.6 is 11.6 Å². The molecule has 1 atom stereocenters. The summed E-state index contributed by atoms with van der Waals surface area (Å²) >= 11 is 6.07. The standard InChI is InChI=1S/C19H22ClNO2/c1-4-14-9-8-10-15(5-2)18(14)21-19(22)13(3)23-17-12-7-6-11-16(17)20/h6-13H,4-5H2,1-3H3,(H,21,22)/t13-/m1/s1. The number of para-hydroxylation sites is 2. The van der Waals surface area contributed by atoms with E-state index in [2.05, 4.69) is 19.2 Å². The number of carbonyl (C=O) groups excluding carboxylic acids is 1. The number of amides is 1. The number of aryl methyl sites for hydroxylation is 2. The molecule has 1 amide bonds. The van der Waals surface area contributed by atoms with Gasteiger partial charge in [0.1, 0.15) is 5.75 Å². The lowest BCUT2D eigenvalue weighted by atomic mass is 10.0. The minimum Gasteiger partial charge on any atom is -0.479 e. The molecule has 0 aliphatic rings. The molecule has 0 bridgehead atoms. The van der Waals surface area contributed by atoms with Crippen LogP contribution in [-0.2, 0) is 17.6 Å². The van der Waals surface area contributed by atoms with E-state index in [-0.39, 0.29) is 5.91 Å². The molecule has 0 radical (unpaired) electrons. The summed E-state index contributed by atoms with van der Waals surface area (Å²) in [6.45, 7) is 5.88. The van der Waals surface area contributed by atoms with Gasteiger partial charge in [-0.05, 0) is 43.0 Å². The Morgan fingerprint density at radius 2 is 1.70 bits per heavy atom. The highest BCUT2D eigenvalue weighted by Crippen LogP contribution is 2.26. The van der Waals surface area contributed by atoms with Crippen LogP contribution in [0.3, 0.4) is 0 Å². The summed E-state index contributed by atoms with van der Waals surface area (Å²) < 4.78 is 5.68. The molecular weight excluding hydrogens is 310 g/mol. The zero-order valence-electron chi connectivity index (χ0n) is 13.7. The lowest BCUT2D eigenvalue weighted by Gasteiger charge is -2.19. The molecule has 0 fully saturated rings. The van der Waals surface area contributed by atoms with Crippen molar-refractivity contribution in [3.05, 3.63) is 58.6 Å². The number of anilines is 1. The fourth-order valence-corrected chi connectivity index (χ4v) is 2.59. The molecule has 2 rings (SSSR count). The Bertz CT molecular complexity index is 663. The predicted molar refractivity (Wildman–Crippen MR) is 95.4 cm³/mol. The zero-order chi connectivity index (χ0) is 16.8. The van der Waals surface area contributed by atoms with E-state index in [4.69, 9.17) is 16.3 Å². The fraction of sp³-hybridized carbons (Fsp3) is 0.316. The van der Waals surface area contributed by atoms with Gasteiger partial charge in [0.15, 0.2) is 6.10 Å². The van der Waals surface area contributed by atoms with Gasteiger partial charge in [0.05, 0.1) is 5.02 Å². The van der Waals surface area contributed by atoms with Gasteiger partial charge in [0, 0.05) is 5.69 Å². The first-order valence-electron chi connectivity index (χ1n) is 7.89. The largest absolute Gasteiger partial charge is 0.479 e. The van der Waals surface area contributed by atoms with Crippen LogP contribution in [0.15, 0.2) is 42.5 Å². The molecular formula is C19H22ClNO2. The number of carbonyl (C=O) groups is 1. The highest BCUT2D eigenvalue weighted by molar-refractivity contribution is 6.32. The number of nitrogens with one attached hydrogen (secondary N) is 1. The molecule has 1 N–H and O–H groups in total. The summed E-state index contributed by atoms with van der Waals surface area (Å²) in [5, 5.41) is 3.51. The van der Waals surface area contributed by atoms with Crippen molar-refractivity contribution in [3.8, 4) is 5.75 Å². The van der Waals surface area contributed by atoms with E-state index in [9.17, 15) is 4.79 Å². The topological polar surface area (TPSA) is 38.3 Å². The first kappa shape index (κ1) is 17.4. The quantitative estimate of drug-likeness (QED) is 0.820. The minimum absolute atomic E-state index is 0.180. The summed E-state index contributed by atoms with van der Waals surface area (Å²) in [7, 11) is 0. The monoisotopic (exact) mass is 331 g/mol. The Labute approximate surface area is 142 Å². The lowest BCUT2D eigenvalue weighted by molar-refractivity contribution is -0.122. The number of halogens is 1. The molecule has 0 aliphatic carbocycles. The van der Waals surface area contributed by atoms with E-state index in [1.165, 1.54) is 0 Å². The van der Waals surface area contributed by atoms with Crippen molar-refractivity contribution in [1.29, 1.82) is 0 Å². The van der Waals surface area contributed by atoms with Gasteiger partial charge >= 0.3 is 0 Å². The van der Waals surface area contributed by atoms with Crippen LogP contribution in [0.25, 0.3) is 0 Å². The van der Waals surface area contributed by atoms with Crippen LogP contribution in [0.4, 0.5) is 5.69 Å². The Morgan fingerprint density at radius 3 is 2.26 bits per heavy atom. The van der Waals surface area contributed by atoms with E-state index in [1.807, 2.05) is 30.3 Å². The smallest absolute Gasteiger partial charge is 0.265 e. The molecule has 3 nitrogen and oxygen atoms in total. The Balaban J connectivity index is 2.14. The SMILES string of the molecule is CCc1cccc(CC)c1NC(=O)[C@@H](C)Oc1ccccc1Cl. The van der Waals surface area contributed by atoms with E-state index in [1.54, 1.807) is 19.1 Å². The van der Waals surface area contributed by atoms with Gasteiger partial charge in [-0.2, -0.15) is 0 Å². The van der Waals surface area contributed by atoms with E-state index >= 15 is 0 Å². The highest BCUT2D eigenvalue weighted by Gasteiger charge is 2.18. The highest BCUT2D eigenvalue weighted by atomic mass is 35.5. The van der Waals surface area contributed by atoms with E-state index < -0.39 is 6.10 Å². The van der Waals surface area contributed by atoms with Gasteiger partial charge < -0.3 is 10.1 Å². The summed E-state index contributed by atoms with van der Waals surface area (Å²) in [6, 6.07) is 13.2. The summed E-state index contributed by atoms with van der Waals surface area (Å²) in [5.74, 6) is 0.330. The molecule has 122 valence electrons. The normalized spacial score (nSPS) is 11.8. The fourth-order valence-electron chi connectivity index (χ4n) is 2.41. The first-order valence-corrected chi connectivity index (χ1v) is 8.27. The van der Waals surface area contributed by atoms with Gasteiger partial charge in [0.25, 0.3) is 5.91 Å². The Kier molecular flexibility index (Phi) is 6.05. The number of ether oxygens (including phenoxy) is 1. The number of hydrogen-bond donors (Lipinski definition) is 1.